The number of pyridine rings is 1. The Bertz CT molecular complexity index is 515. The molecule has 0 atom stereocenters. The van der Waals surface area contributed by atoms with E-state index in [4.69, 9.17) is 15.2 Å². The van der Waals surface area contributed by atoms with Gasteiger partial charge in [-0.3, -0.25) is 9.59 Å². The minimum atomic E-state index is -0.250. The highest BCUT2D eigenvalue weighted by Crippen LogP contribution is 2.18. The molecule has 0 bridgehead atoms. The van der Waals surface area contributed by atoms with Crippen molar-refractivity contribution >= 4 is 18.2 Å². The number of aromatic nitrogens is 1. The summed E-state index contributed by atoms with van der Waals surface area (Å²) in [6.45, 7) is 4.06. The quantitative estimate of drug-likeness (QED) is 0.797. The van der Waals surface area contributed by atoms with Crippen molar-refractivity contribution in [2.75, 3.05) is 25.5 Å². The Balaban J connectivity index is 0.00000122. The zero-order valence-corrected chi connectivity index (χ0v) is 12.7. The molecule has 0 radical (unpaired) electrons. The molecule has 2 N–H and O–H groups in total. The number of hydrogen-bond donors (Lipinski definition) is 2. The molecule has 1 aromatic heterocycles. The number of anilines is 1. The maximum Gasteiger partial charge on any atom is 0.290 e. The lowest BCUT2D eigenvalue weighted by Gasteiger charge is -2.19. The molecule has 21 heavy (non-hydrogen) atoms. The van der Waals surface area contributed by atoms with E-state index in [1.54, 1.807) is 7.05 Å². The summed E-state index contributed by atoms with van der Waals surface area (Å²) in [4.78, 5) is 25.8. The van der Waals surface area contributed by atoms with E-state index in [0.717, 1.165) is 17.1 Å². The Morgan fingerprint density at radius 1 is 1.57 bits per heavy atom. The standard InChI is InChI=1S/C13H18N4O.CH2O2/c1-9-7-12(16-10(2)11(9)8-14)17(4)6-5-13(18)15-3;2-1-3/h7H,5-6H2,1-4H3,(H,15,18);1H,(H,2,3). The molecule has 7 heteroatoms. The third-order valence-corrected chi connectivity index (χ3v) is 2.84. The predicted octanol–water partition coefficient (Wildman–Crippen LogP) is 0.843. The molecule has 1 aromatic rings. The molecule has 1 heterocycles. The molecule has 0 aliphatic rings. The first kappa shape index (κ1) is 18.4. The van der Waals surface area contributed by atoms with Crippen LogP contribution in [0.2, 0.25) is 0 Å². The summed E-state index contributed by atoms with van der Waals surface area (Å²) in [6.07, 6.45) is 0.423. The first-order chi connectivity index (χ1) is 9.90. The number of hydrogen-bond acceptors (Lipinski definition) is 5. The van der Waals surface area contributed by atoms with Crippen LogP contribution in [0.25, 0.3) is 0 Å². The average molecular weight is 292 g/mol. The minimum absolute atomic E-state index is 0.00365. The largest absolute Gasteiger partial charge is 0.483 e. The van der Waals surface area contributed by atoms with Crippen LogP contribution in [0.15, 0.2) is 6.07 Å². The van der Waals surface area contributed by atoms with Gasteiger partial charge in [-0.15, -0.1) is 0 Å². The van der Waals surface area contributed by atoms with E-state index in [-0.39, 0.29) is 12.4 Å². The molecular formula is C14H20N4O3. The van der Waals surface area contributed by atoms with E-state index in [2.05, 4.69) is 16.4 Å². The van der Waals surface area contributed by atoms with Crippen molar-refractivity contribution in [1.82, 2.24) is 10.3 Å². The summed E-state index contributed by atoms with van der Waals surface area (Å²) >= 11 is 0. The number of carboxylic acid groups (broad SMARTS) is 1. The van der Waals surface area contributed by atoms with Crippen LogP contribution in [0.4, 0.5) is 5.82 Å². The van der Waals surface area contributed by atoms with Crippen molar-refractivity contribution in [3.8, 4) is 6.07 Å². The van der Waals surface area contributed by atoms with Gasteiger partial charge in [-0.2, -0.15) is 5.26 Å². The highest BCUT2D eigenvalue weighted by Gasteiger charge is 2.10. The zero-order valence-electron chi connectivity index (χ0n) is 12.7. The van der Waals surface area contributed by atoms with Gasteiger partial charge in [0.1, 0.15) is 11.9 Å². The van der Waals surface area contributed by atoms with Crippen molar-refractivity contribution in [1.29, 1.82) is 5.26 Å². The normalized spacial score (nSPS) is 8.90. The van der Waals surface area contributed by atoms with E-state index in [0.29, 0.717) is 18.5 Å². The smallest absolute Gasteiger partial charge is 0.290 e. The van der Waals surface area contributed by atoms with E-state index >= 15 is 0 Å². The van der Waals surface area contributed by atoms with Crippen LogP contribution < -0.4 is 10.2 Å². The Hall–Kier alpha value is -2.62. The monoisotopic (exact) mass is 292 g/mol. The van der Waals surface area contributed by atoms with Crippen molar-refractivity contribution in [2.45, 2.75) is 20.3 Å². The van der Waals surface area contributed by atoms with Crippen LogP contribution in [0.1, 0.15) is 23.2 Å². The lowest BCUT2D eigenvalue weighted by molar-refractivity contribution is -0.123. The van der Waals surface area contributed by atoms with Crippen LogP contribution in [0, 0.1) is 25.2 Å². The molecule has 0 aliphatic carbocycles. The highest BCUT2D eigenvalue weighted by molar-refractivity contribution is 5.76. The molecule has 0 unspecified atom stereocenters. The van der Waals surface area contributed by atoms with E-state index in [9.17, 15) is 4.79 Å². The SMILES string of the molecule is CNC(=O)CCN(C)c1cc(C)c(C#N)c(C)n1.O=CO. The van der Waals surface area contributed by atoms with Gasteiger partial charge >= 0.3 is 0 Å². The maximum atomic E-state index is 11.2. The first-order valence-electron chi connectivity index (χ1n) is 6.29. The Kier molecular flexibility index (Phi) is 8.15. The van der Waals surface area contributed by atoms with E-state index in [1.807, 2.05) is 31.9 Å². The number of carbonyl (C=O) groups is 2. The summed E-state index contributed by atoms with van der Waals surface area (Å²) in [7, 11) is 3.51. The molecular weight excluding hydrogens is 272 g/mol. The molecule has 0 saturated heterocycles. The van der Waals surface area contributed by atoms with Crippen molar-refractivity contribution < 1.29 is 14.7 Å². The second-order valence-electron chi connectivity index (χ2n) is 4.32. The number of amides is 1. The highest BCUT2D eigenvalue weighted by atomic mass is 16.3. The Morgan fingerprint density at radius 3 is 2.57 bits per heavy atom. The molecule has 114 valence electrons. The summed E-state index contributed by atoms with van der Waals surface area (Å²) < 4.78 is 0. The molecule has 0 saturated carbocycles. The number of nitrogens with zero attached hydrogens (tertiary/aromatic N) is 3. The summed E-state index contributed by atoms with van der Waals surface area (Å²) in [5.41, 5.74) is 2.25. The van der Waals surface area contributed by atoms with Crippen LogP contribution in [0.5, 0.6) is 0 Å². The Morgan fingerprint density at radius 2 is 2.14 bits per heavy atom. The van der Waals surface area contributed by atoms with Gasteiger partial charge in [-0.05, 0) is 25.5 Å². The van der Waals surface area contributed by atoms with Gasteiger partial charge in [0.05, 0.1) is 11.3 Å². The van der Waals surface area contributed by atoms with Gasteiger partial charge in [-0.1, -0.05) is 0 Å². The summed E-state index contributed by atoms with van der Waals surface area (Å²) in [5, 5.41) is 18.5. The van der Waals surface area contributed by atoms with Crippen molar-refractivity contribution in [3.05, 3.63) is 22.9 Å². The van der Waals surface area contributed by atoms with Crippen molar-refractivity contribution in [2.24, 2.45) is 0 Å². The number of rotatable bonds is 4. The third kappa shape index (κ3) is 5.91. The second kappa shape index (κ2) is 9.31. The number of nitriles is 1. The van der Waals surface area contributed by atoms with Gasteiger partial charge < -0.3 is 15.3 Å². The minimum Gasteiger partial charge on any atom is -0.483 e. The average Bonchev–Trinajstić information content (AvgIpc) is 2.44. The molecule has 0 aromatic carbocycles. The topological polar surface area (TPSA) is 106 Å². The van der Waals surface area contributed by atoms with Crippen molar-refractivity contribution in [3.63, 3.8) is 0 Å². The van der Waals surface area contributed by atoms with Gasteiger partial charge in [0.15, 0.2) is 0 Å². The van der Waals surface area contributed by atoms with Gasteiger partial charge in [0.25, 0.3) is 6.47 Å². The summed E-state index contributed by atoms with van der Waals surface area (Å²) in [6, 6.07) is 4.01. The molecule has 1 amide bonds. The molecule has 0 fully saturated rings. The lowest BCUT2D eigenvalue weighted by atomic mass is 10.1. The van der Waals surface area contributed by atoms with E-state index in [1.165, 1.54) is 0 Å². The molecule has 1 rings (SSSR count). The van der Waals surface area contributed by atoms with Gasteiger partial charge in [0, 0.05) is 27.1 Å². The predicted molar refractivity (Wildman–Crippen MR) is 79.1 cm³/mol. The Labute approximate surface area is 124 Å². The molecule has 0 aliphatic heterocycles. The fraction of sp³-hybridized carbons (Fsp3) is 0.429. The molecule has 0 spiro atoms. The van der Waals surface area contributed by atoms with Crippen LogP contribution in [-0.2, 0) is 9.59 Å². The number of carbonyl (C=O) groups excluding carboxylic acids is 1. The first-order valence-corrected chi connectivity index (χ1v) is 6.29. The number of nitrogens with one attached hydrogen (secondary N) is 1. The zero-order chi connectivity index (χ0) is 16.4. The second-order valence-corrected chi connectivity index (χ2v) is 4.32. The summed E-state index contributed by atoms with van der Waals surface area (Å²) in [5.74, 6) is 0.789. The fourth-order valence-corrected chi connectivity index (χ4v) is 1.68. The van der Waals surface area contributed by atoms with Crippen LogP contribution in [-0.4, -0.2) is 43.1 Å². The number of aryl methyl sites for hydroxylation is 2. The maximum absolute atomic E-state index is 11.2. The van der Waals surface area contributed by atoms with Crippen LogP contribution >= 0.6 is 0 Å². The van der Waals surface area contributed by atoms with E-state index < -0.39 is 0 Å². The molecule has 7 nitrogen and oxygen atoms in total. The van der Waals surface area contributed by atoms with Crippen LogP contribution in [0.3, 0.4) is 0 Å². The van der Waals surface area contributed by atoms with Gasteiger partial charge in [0.2, 0.25) is 5.91 Å². The fourth-order valence-electron chi connectivity index (χ4n) is 1.68. The third-order valence-electron chi connectivity index (χ3n) is 2.84. The van der Waals surface area contributed by atoms with Gasteiger partial charge in [-0.25, -0.2) is 4.98 Å². The lowest BCUT2D eigenvalue weighted by Crippen LogP contribution is -2.27.